The van der Waals surface area contributed by atoms with Gasteiger partial charge in [0.25, 0.3) is 0 Å². The molecule has 1 fully saturated rings. The van der Waals surface area contributed by atoms with Crippen LogP contribution in [-0.4, -0.2) is 50.1 Å². The van der Waals surface area contributed by atoms with E-state index in [2.05, 4.69) is 15.1 Å². The largest absolute Gasteiger partial charge is 0.495 e. The van der Waals surface area contributed by atoms with Gasteiger partial charge in [-0.25, -0.2) is 4.39 Å². The van der Waals surface area contributed by atoms with Gasteiger partial charge in [0, 0.05) is 36.9 Å². The standard InChI is InChI=1S/C20H23ClFN3O2/c1-14(20(26)23-18-13-15(21)3-8-19(18)27-2)24-9-11-25(12-10-24)17-6-4-16(22)5-7-17/h3-8,13-14H,9-12H2,1-2H3,(H,23,26). The van der Waals surface area contributed by atoms with E-state index in [9.17, 15) is 9.18 Å². The quantitative estimate of drug-likeness (QED) is 0.845. The molecule has 3 rings (SSSR count). The Morgan fingerprint density at radius 1 is 1.15 bits per heavy atom. The minimum Gasteiger partial charge on any atom is -0.495 e. The predicted octanol–water partition coefficient (Wildman–Crippen LogP) is 3.64. The molecule has 1 saturated heterocycles. The average molecular weight is 392 g/mol. The third-order valence-corrected chi connectivity index (χ3v) is 5.09. The van der Waals surface area contributed by atoms with E-state index in [-0.39, 0.29) is 17.8 Å². The van der Waals surface area contributed by atoms with Gasteiger partial charge in [-0.15, -0.1) is 0 Å². The molecule has 0 saturated carbocycles. The van der Waals surface area contributed by atoms with E-state index >= 15 is 0 Å². The van der Waals surface area contributed by atoms with Crippen LogP contribution in [0.4, 0.5) is 15.8 Å². The maximum absolute atomic E-state index is 13.1. The zero-order valence-corrected chi connectivity index (χ0v) is 16.2. The highest BCUT2D eigenvalue weighted by atomic mass is 35.5. The van der Waals surface area contributed by atoms with Gasteiger partial charge in [0.2, 0.25) is 5.91 Å². The first-order valence-electron chi connectivity index (χ1n) is 8.87. The maximum atomic E-state index is 13.1. The second-order valence-electron chi connectivity index (χ2n) is 6.51. The highest BCUT2D eigenvalue weighted by Crippen LogP contribution is 2.28. The van der Waals surface area contributed by atoms with Crippen LogP contribution < -0.4 is 15.0 Å². The number of ether oxygens (including phenoxy) is 1. The first kappa shape index (κ1) is 19.5. The van der Waals surface area contributed by atoms with Crippen molar-refractivity contribution in [1.29, 1.82) is 0 Å². The van der Waals surface area contributed by atoms with Crippen LogP contribution in [0.25, 0.3) is 0 Å². The number of anilines is 2. The number of carbonyl (C=O) groups excluding carboxylic acids is 1. The SMILES string of the molecule is COc1ccc(Cl)cc1NC(=O)C(C)N1CCN(c2ccc(F)cc2)CC1. The lowest BCUT2D eigenvalue weighted by molar-refractivity contribution is -0.120. The van der Waals surface area contributed by atoms with Crippen LogP contribution in [0.3, 0.4) is 0 Å². The number of piperazine rings is 1. The molecule has 0 aromatic heterocycles. The fourth-order valence-corrected chi connectivity index (χ4v) is 3.37. The number of hydrogen-bond donors (Lipinski definition) is 1. The van der Waals surface area contributed by atoms with Crippen molar-refractivity contribution >= 4 is 28.9 Å². The Balaban J connectivity index is 1.58. The molecule has 5 nitrogen and oxygen atoms in total. The van der Waals surface area contributed by atoms with Gasteiger partial charge in [0.15, 0.2) is 0 Å². The number of amides is 1. The zero-order valence-electron chi connectivity index (χ0n) is 15.4. The lowest BCUT2D eigenvalue weighted by Gasteiger charge is -2.38. The van der Waals surface area contributed by atoms with Crippen LogP contribution in [-0.2, 0) is 4.79 Å². The number of halogens is 2. The molecule has 144 valence electrons. The number of rotatable bonds is 5. The summed E-state index contributed by atoms with van der Waals surface area (Å²) < 4.78 is 18.4. The minimum absolute atomic E-state index is 0.106. The molecule has 0 spiro atoms. The minimum atomic E-state index is -0.288. The monoisotopic (exact) mass is 391 g/mol. The molecule has 2 aromatic rings. The molecule has 1 N–H and O–H groups in total. The van der Waals surface area contributed by atoms with Crippen molar-refractivity contribution in [3.05, 3.63) is 53.3 Å². The second kappa shape index (κ2) is 8.59. The van der Waals surface area contributed by atoms with Crippen molar-refractivity contribution in [2.24, 2.45) is 0 Å². The molecule has 1 amide bonds. The van der Waals surface area contributed by atoms with Gasteiger partial charge in [0.05, 0.1) is 18.8 Å². The summed E-state index contributed by atoms with van der Waals surface area (Å²) in [5.74, 6) is 0.228. The fourth-order valence-electron chi connectivity index (χ4n) is 3.20. The normalized spacial score (nSPS) is 16.1. The van der Waals surface area contributed by atoms with Gasteiger partial charge in [-0.05, 0) is 49.4 Å². The Bertz CT molecular complexity index is 792. The number of carbonyl (C=O) groups is 1. The summed E-state index contributed by atoms with van der Waals surface area (Å²) >= 11 is 6.02. The first-order chi connectivity index (χ1) is 13.0. The van der Waals surface area contributed by atoms with E-state index in [0.29, 0.717) is 16.5 Å². The third-order valence-electron chi connectivity index (χ3n) is 4.85. The van der Waals surface area contributed by atoms with Gasteiger partial charge in [-0.2, -0.15) is 0 Å². The van der Waals surface area contributed by atoms with Crippen molar-refractivity contribution in [3.8, 4) is 5.75 Å². The molecule has 0 radical (unpaired) electrons. The van der Waals surface area contributed by atoms with Crippen LogP contribution >= 0.6 is 11.6 Å². The Hall–Kier alpha value is -2.31. The number of nitrogens with one attached hydrogen (secondary N) is 1. The molecule has 1 aliphatic heterocycles. The molecule has 1 aliphatic rings. The Morgan fingerprint density at radius 3 is 2.44 bits per heavy atom. The summed E-state index contributed by atoms with van der Waals surface area (Å²) in [7, 11) is 1.55. The van der Waals surface area contributed by atoms with Crippen LogP contribution in [0.2, 0.25) is 5.02 Å². The Kier molecular flexibility index (Phi) is 6.19. The molecule has 2 aromatic carbocycles. The molecule has 0 bridgehead atoms. The summed E-state index contributed by atoms with van der Waals surface area (Å²) in [5.41, 5.74) is 1.56. The molecule has 1 unspecified atom stereocenters. The molecule has 0 aliphatic carbocycles. The topological polar surface area (TPSA) is 44.8 Å². The number of benzene rings is 2. The van der Waals surface area contributed by atoms with Crippen LogP contribution in [0.5, 0.6) is 5.75 Å². The van der Waals surface area contributed by atoms with Crippen molar-refractivity contribution < 1.29 is 13.9 Å². The highest BCUT2D eigenvalue weighted by molar-refractivity contribution is 6.31. The van der Waals surface area contributed by atoms with Crippen molar-refractivity contribution in [2.75, 3.05) is 43.5 Å². The molecule has 7 heteroatoms. The zero-order chi connectivity index (χ0) is 19.4. The van der Waals surface area contributed by atoms with Gasteiger partial charge >= 0.3 is 0 Å². The summed E-state index contributed by atoms with van der Waals surface area (Å²) in [4.78, 5) is 17.0. The van der Waals surface area contributed by atoms with Crippen LogP contribution in [0, 0.1) is 5.82 Å². The summed E-state index contributed by atoms with van der Waals surface area (Å²) in [5, 5.41) is 3.44. The van der Waals surface area contributed by atoms with Crippen LogP contribution in [0.15, 0.2) is 42.5 Å². The predicted molar refractivity (Wildman–Crippen MR) is 106 cm³/mol. The smallest absolute Gasteiger partial charge is 0.241 e. The summed E-state index contributed by atoms with van der Waals surface area (Å²) in [6.07, 6.45) is 0. The van der Waals surface area contributed by atoms with Gasteiger partial charge in [0.1, 0.15) is 11.6 Å². The Morgan fingerprint density at radius 2 is 1.81 bits per heavy atom. The number of hydrogen-bond acceptors (Lipinski definition) is 4. The lowest BCUT2D eigenvalue weighted by Crippen LogP contribution is -2.52. The summed E-state index contributed by atoms with van der Waals surface area (Å²) in [6.45, 7) is 4.95. The molecular formula is C20H23ClFN3O2. The number of nitrogens with zero attached hydrogens (tertiary/aromatic N) is 2. The third kappa shape index (κ3) is 4.70. The van der Waals surface area contributed by atoms with E-state index in [1.54, 1.807) is 37.4 Å². The van der Waals surface area contributed by atoms with Crippen LogP contribution in [0.1, 0.15) is 6.92 Å². The highest BCUT2D eigenvalue weighted by Gasteiger charge is 2.26. The van der Waals surface area contributed by atoms with E-state index in [4.69, 9.17) is 16.3 Å². The van der Waals surface area contributed by atoms with Crippen molar-refractivity contribution in [1.82, 2.24) is 4.90 Å². The fraction of sp³-hybridized carbons (Fsp3) is 0.350. The molecule has 1 heterocycles. The van der Waals surface area contributed by atoms with Gasteiger partial charge < -0.3 is 15.0 Å². The lowest BCUT2D eigenvalue weighted by atomic mass is 10.2. The van der Waals surface area contributed by atoms with Gasteiger partial charge in [-0.1, -0.05) is 11.6 Å². The average Bonchev–Trinajstić information content (AvgIpc) is 2.68. The van der Waals surface area contributed by atoms with Crippen molar-refractivity contribution in [3.63, 3.8) is 0 Å². The second-order valence-corrected chi connectivity index (χ2v) is 6.95. The molecule has 1 atom stereocenters. The van der Waals surface area contributed by atoms with E-state index in [1.165, 1.54) is 12.1 Å². The number of methoxy groups -OCH3 is 1. The Labute approximate surface area is 163 Å². The summed E-state index contributed by atoms with van der Waals surface area (Å²) in [6, 6.07) is 11.3. The molecule has 27 heavy (non-hydrogen) atoms. The molecular weight excluding hydrogens is 369 g/mol. The van der Waals surface area contributed by atoms with Crippen molar-refractivity contribution in [2.45, 2.75) is 13.0 Å². The van der Waals surface area contributed by atoms with E-state index < -0.39 is 0 Å². The van der Waals surface area contributed by atoms with E-state index in [1.807, 2.05) is 6.92 Å². The van der Waals surface area contributed by atoms with E-state index in [0.717, 1.165) is 31.9 Å². The first-order valence-corrected chi connectivity index (χ1v) is 9.24. The van der Waals surface area contributed by atoms with Gasteiger partial charge in [-0.3, -0.25) is 9.69 Å². The maximum Gasteiger partial charge on any atom is 0.241 e.